The minimum absolute atomic E-state index is 0.114. The molecular weight excluding hydrogens is 422 g/mol. The summed E-state index contributed by atoms with van der Waals surface area (Å²) in [6.07, 6.45) is 2.27. The van der Waals surface area contributed by atoms with E-state index in [0.29, 0.717) is 0 Å². The third-order valence-electron chi connectivity index (χ3n) is 6.38. The van der Waals surface area contributed by atoms with Gasteiger partial charge in [-0.15, -0.1) is 0 Å². The van der Waals surface area contributed by atoms with Crippen LogP contribution in [0, 0.1) is 6.92 Å². The average molecular weight is 448 g/mol. The summed E-state index contributed by atoms with van der Waals surface area (Å²) in [5.74, 6) is 0. The highest BCUT2D eigenvalue weighted by molar-refractivity contribution is 8.16. The number of rotatable bonds is 3. The number of aryl methyl sites for hydroxylation is 1. The number of fused-ring (bicyclic) bond motifs is 1. The van der Waals surface area contributed by atoms with E-state index in [1.807, 2.05) is 0 Å². The van der Waals surface area contributed by atoms with Gasteiger partial charge in [0.25, 0.3) is 0 Å². The Bertz CT molecular complexity index is 1300. The molecule has 0 radical (unpaired) electrons. The van der Waals surface area contributed by atoms with Crippen LogP contribution in [0.15, 0.2) is 112 Å². The van der Waals surface area contributed by atoms with E-state index in [0.717, 1.165) is 24.0 Å². The van der Waals surface area contributed by atoms with E-state index in [4.69, 9.17) is 4.99 Å². The molecule has 4 heteroatoms. The van der Waals surface area contributed by atoms with Crippen molar-refractivity contribution in [3.8, 4) is 0 Å². The lowest BCUT2D eigenvalue weighted by Crippen LogP contribution is -2.40. The Morgan fingerprint density at radius 3 is 2.39 bits per heavy atom. The summed E-state index contributed by atoms with van der Waals surface area (Å²) in [5, 5.41) is 6.96. The molecule has 0 saturated carbocycles. The van der Waals surface area contributed by atoms with Crippen molar-refractivity contribution >= 4 is 28.7 Å². The van der Waals surface area contributed by atoms with Gasteiger partial charge in [-0.05, 0) is 40.8 Å². The van der Waals surface area contributed by atoms with E-state index >= 15 is 0 Å². The molecular formula is C29H25N3S. The third kappa shape index (κ3) is 3.75. The highest BCUT2D eigenvalue weighted by Crippen LogP contribution is 2.48. The van der Waals surface area contributed by atoms with Crippen molar-refractivity contribution in [1.82, 2.24) is 10.2 Å². The zero-order valence-corrected chi connectivity index (χ0v) is 19.3. The van der Waals surface area contributed by atoms with Crippen LogP contribution in [0.1, 0.15) is 28.3 Å². The zero-order chi connectivity index (χ0) is 22.2. The van der Waals surface area contributed by atoms with Gasteiger partial charge in [-0.3, -0.25) is 0 Å². The normalized spacial score (nSPS) is 20.9. The molecule has 0 amide bonds. The summed E-state index contributed by atoms with van der Waals surface area (Å²) in [4.78, 5) is 7.66. The monoisotopic (exact) mass is 447 g/mol. The van der Waals surface area contributed by atoms with Crippen molar-refractivity contribution < 1.29 is 0 Å². The Hall–Kier alpha value is -3.34. The van der Waals surface area contributed by atoms with Gasteiger partial charge in [-0.25, -0.2) is 4.99 Å². The Balaban J connectivity index is 1.49. The topological polar surface area (TPSA) is 27.6 Å². The molecule has 162 valence electrons. The molecule has 0 aliphatic carbocycles. The molecule has 3 aliphatic heterocycles. The van der Waals surface area contributed by atoms with Gasteiger partial charge >= 0.3 is 0 Å². The van der Waals surface area contributed by atoms with Crippen molar-refractivity contribution in [3.63, 3.8) is 0 Å². The summed E-state index contributed by atoms with van der Waals surface area (Å²) in [6.45, 7) is 3.79. The summed E-state index contributed by atoms with van der Waals surface area (Å²) >= 11 is 1.73. The fourth-order valence-electron chi connectivity index (χ4n) is 4.77. The summed E-state index contributed by atoms with van der Waals surface area (Å²) in [7, 11) is 0. The first-order valence-electron chi connectivity index (χ1n) is 11.3. The van der Waals surface area contributed by atoms with Gasteiger partial charge < -0.3 is 10.2 Å². The van der Waals surface area contributed by atoms with E-state index in [2.05, 4.69) is 114 Å². The second kappa shape index (κ2) is 8.54. The highest BCUT2D eigenvalue weighted by atomic mass is 32.2. The lowest BCUT2D eigenvalue weighted by atomic mass is 9.88. The fourth-order valence-corrected chi connectivity index (χ4v) is 5.70. The number of hydrogen-bond acceptors (Lipinski definition) is 4. The molecule has 3 aromatic carbocycles. The Labute approximate surface area is 199 Å². The fraction of sp³-hybridized carbons (Fsp3) is 0.138. The Morgan fingerprint density at radius 2 is 1.64 bits per heavy atom. The minimum Gasteiger partial charge on any atom is -0.309 e. The Kier molecular flexibility index (Phi) is 5.25. The van der Waals surface area contributed by atoms with E-state index in [1.54, 1.807) is 11.8 Å². The third-order valence-corrected chi connectivity index (χ3v) is 7.22. The SMILES string of the molecule is Cc1ccc(C2=CSC3=NC4=C(CNC/C4=C/c4ccccc4)C(c4ccccc4)N23)cc1. The molecule has 0 bridgehead atoms. The van der Waals surface area contributed by atoms with E-state index in [9.17, 15) is 0 Å². The van der Waals surface area contributed by atoms with Gasteiger partial charge in [0.05, 0.1) is 17.4 Å². The van der Waals surface area contributed by atoms with Crippen LogP contribution in [-0.2, 0) is 0 Å². The van der Waals surface area contributed by atoms with Crippen molar-refractivity contribution in [2.75, 3.05) is 13.1 Å². The van der Waals surface area contributed by atoms with Gasteiger partial charge in [-0.2, -0.15) is 0 Å². The average Bonchev–Trinajstić information content (AvgIpc) is 3.28. The maximum absolute atomic E-state index is 5.24. The number of aliphatic imine (C=N–C) groups is 1. The second-order valence-corrected chi connectivity index (χ2v) is 9.46. The summed E-state index contributed by atoms with van der Waals surface area (Å²) < 4.78 is 0. The molecule has 3 nitrogen and oxygen atoms in total. The van der Waals surface area contributed by atoms with E-state index in [-0.39, 0.29) is 6.04 Å². The van der Waals surface area contributed by atoms with Crippen LogP contribution in [0.3, 0.4) is 0 Å². The molecule has 3 aromatic rings. The van der Waals surface area contributed by atoms with E-state index < -0.39 is 0 Å². The molecule has 6 rings (SSSR count). The predicted octanol–water partition coefficient (Wildman–Crippen LogP) is 6.39. The van der Waals surface area contributed by atoms with Crippen LogP contribution in [0.5, 0.6) is 0 Å². The van der Waals surface area contributed by atoms with Crippen molar-refractivity contribution in [3.05, 3.63) is 129 Å². The number of nitrogens with one attached hydrogen (secondary N) is 1. The largest absolute Gasteiger partial charge is 0.309 e. The smallest absolute Gasteiger partial charge is 0.174 e. The Morgan fingerprint density at radius 1 is 0.909 bits per heavy atom. The number of thioether (sulfide) groups is 1. The van der Waals surface area contributed by atoms with Crippen molar-refractivity contribution in [2.45, 2.75) is 13.0 Å². The van der Waals surface area contributed by atoms with Crippen LogP contribution in [0.2, 0.25) is 0 Å². The lowest BCUT2D eigenvalue weighted by molar-refractivity contribution is 0.462. The van der Waals surface area contributed by atoms with Crippen LogP contribution < -0.4 is 5.32 Å². The first-order chi connectivity index (χ1) is 16.3. The predicted molar refractivity (Wildman–Crippen MR) is 140 cm³/mol. The molecule has 1 unspecified atom stereocenters. The van der Waals surface area contributed by atoms with Gasteiger partial charge in [0.1, 0.15) is 0 Å². The molecule has 0 spiro atoms. The molecule has 3 heterocycles. The number of hydrogen-bond donors (Lipinski definition) is 1. The first kappa shape index (κ1) is 20.3. The minimum atomic E-state index is 0.114. The van der Waals surface area contributed by atoms with Crippen molar-refractivity contribution in [1.29, 1.82) is 0 Å². The number of amidine groups is 1. The maximum Gasteiger partial charge on any atom is 0.174 e. The second-order valence-electron chi connectivity index (χ2n) is 8.62. The van der Waals surface area contributed by atoms with Gasteiger partial charge in [0.2, 0.25) is 0 Å². The van der Waals surface area contributed by atoms with E-state index in [1.165, 1.54) is 39.1 Å². The lowest BCUT2D eigenvalue weighted by Gasteiger charge is -2.40. The molecule has 0 aromatic heterocycles. The zero-order valence-electron chi connectivity index (χ0n) is 18.5. The van der Waals surface area contributed by atoms with Gasteiger partial charge in [-0.1, -0.05) is 102 Å². The quantitative estimate of drug-likeness (QED) is 0.504. The van der Waals surface area contributed by atoms with Crippen LogP contribution >= 0.6 is 11.8 Å². The van der Waals surface area contributed by atoms with Crippen LogP contribution in [0.25, 0.3) is 11.8 Å². The molecule has 1 N–H and O–H groups in total. The van der Waals surface area contributed by atoms with Gasteiger partial charge in [0.15, 0.2) is 5.17 Å². The van der Waals surface area contributed by atoms with Crippen LogP contribution in [0.4, 0.5) is 0 Å². The first-order valence-corrected chi connectivity index (χ1v) is 12.2. The standard InChI is InChI=1S/C29H25N3S/c1-20-12-14-22(15-13-20)26-19-33-29-31-27-24(16-21-8-4-2-5-9-21)17-30-18-25(27)28(32(26)29)23-10-6-3-7-11-23/h2-16,19,28,30H,17-18H2,1H3/b24-16-. The van der Waals surface area contributed by atoms with Gasteiger partial charge in [0, 0.05) is 18.5 Å². The van der Waals surface area contributed by atoms with Crippen LogP contribution in [-0.4, -0.2) is 23.2 Å². The summed E-state index contributed by atoms with van der Waals surface area (Å²) in [6, 6.07) is 30.3. The molecule has 1 atom stereocenters. The molecule has 3 aliphatic rings. The molecule has 0 fully saturated rings. The maximum atomic E-state index is 5.24. The number of nitrogens with zero attached hydrogens (tertiary/aromatic N) is 2. The number of benzene rings is 3. The molecule has 33 heavy (non-hydrogen) atoms. The van der Waals surface area contributed by atoms with Crippen molar-refractivity contribution in [2.24, 2.45) is 4.99 Å². The summed E-state index contributed by atoms with van der Waals surface area (Å²) in [5.41, 5.74) is 9.95. The molecule has 0 saturated heterocycles. The highest BCUT2D eigenvalue weighted by Gasteiger charge is 2.40.